The van der Waals surface area contributed by atoms with Gasteiger partial charge in [0.1, 0.15) is 0 Å². The van der Waals surface area contributed by atoms with Crippen molar-refractivity contribution < 1.29 is 9.90 Å². The number of aliphatic hydroxyl groups is 1. The lowest BCUT2D eigenvalue weighted by atomic mass is 10.0. The number of urea groups is 1. The highest BCUT2D eigenvalue weighted by atomic mass is 16.3. The molecule has 78 valence electrons. The van der Waals surface area contributed by atoms with E-state index in [2.05, 4.69) is 10.6 Å². The van der Waals surface area contributed by atoms with Crippen LogP contribution in [0.3, 0.4) is 0 Å². The van der Waals surface area contributed by atoms with Crippen molar-refractivity contribution in [2.24, 2.45) is 5.73 Å². The molecule has 0 saturated carbocycles. The van der Waals surface area contributed by atoms with E-state index in [1.165, 1.54) is 0 Å². The fraction of sp³-hybridized carbons (Fsp3) is 0.875. The Hall–Kier alpha value is -0.810. The normalized spacial score (nSPS) is 15.0. The summed E-state index contributed by atoms with van der Waals surface area (Å²) in [6, 6.07) is -0.524. The van der Waals surface area contributed by atoms with Crippen LogP contribution in [0.2, 0.25) is 0 Å². The first kappa shape index (κ1) is 12.2. The molecular weight excluding hydrogens is 170 g/mol. The smallest absolute Gasteiger partial charge is 0.312 e. The van der Waals surface area contributed by atoms with Crippen molar-refractivity contribution in [1.29, 1.82) is 0 Å². The van der Waals surface area contributed by atoms with Gasteiger partial charge >= 0.3 is 6.03 Å². The van der Waals surface area contributed by atoms with E-state index in [1.54, 1.807) is 6.92 Å². The minimum Gasteiger partial charge on any atom is -0.389 e. The number of primary amides is 1. The maximum absolute atomic E-state index is 10.2. The van der Waals surface area contributed by atoms with E-state index in [1.807, 2.05) is 6.92 Å². The molecule has 5 nitrogen and oxygen atoms in total. The number of carbonyl (C=O) groups excluding carboxylic acids is 1. The topological polar surface area (TPSA) is 87.4 Å². The second-order valence-corrected chi connectivity index (χ2v) is 3.32. The van der Waals surface area contributed by atoms with Gasteiger partial charge in [0.05, 0.1) is 5.60 Å². The summed E-state index contributed by atoms with van der Waals surface area (Å²) in [5, 5.41) is 15.0. The largest absolute Gasteiger partial charge is 0.389 e. The fourth-order valence-electron chi connectivity index (χ4n) is 0.757. The van der Waals surface area contributed by atoms with Gasteiger partial charge in [-0.05, 0) is 13.3 Å². The summed E-state index contributed by atoms with van der Waals surface area (Å²) in [7, 11) is 0. The van der Waals surface area contributed by atoms with Gasteiger partial charge in [-0.25, -0.2) is 4.79 Å². The van der Waals surface area contributed by atoms with E-state index in [4.69, 9.17) is 5.73 Å². The highest BCUT2D eigenvalue weighted by molar-refractivity contribution is 5.71. The zero-order valence-corrected chi connectivity index (χ0v) is 8.26. The second kappa shape index (κ2) is 5.77. The Balaban J connectivity index is 3.30. The number of hydrogen-bond acceptors (Lipinski definition) is 3. The molecule has 0 fully saturated rings. The molecule has 0 aliphatic heterocycles. The molecule has 2 amide bonds. The molecule has 0 heterocycles. The molecular formula is C8H19N3O2. The second-order valence-electron chi connectivity index (χ2n) is 3.32. The summed E-state index contributed by atoms with van der Waals surface area (Å²) in [6.45, 7) is 5.29. The predicted molar refractivity (Wildman–Crippen MR) is 51.4 cm³/mol. The molecule has 0 aromatic carbocycles. The summed E-state index contributed by atoms with van der Waals surface area (Å²) >= 11 is 0. The highest BCUT2D eigenvalue weighted by Crippen LogP contribution is 2.05. The van der Waals surface area contributed by atoms with Crippen molar-refractivity contribution in [3.05, 3.63) is 0 Å². The maximum atomic E-state index is 10.2. The Kier molecular flexibility index (Phi) is 5.41. The SMILES string of the molecule is CCC(C)(O)CNCCNC(N)=O. The van der Waals surface area contributed by atoms with Gasteiger partial charge in [0.15, 0.2) is 0 Å². The third-order valence-corrected chi connectivity index (χ3v) is 1.87. The number of carbonyl (C=O) groups is 1. The Morgan fingerprint density at radius 3 is 2.62 bits per heavy atom. The maximum Gasteiger partial charge on any atom is 0.312 e. The van der Waals surface area contributed by atoms with E-state index in [0.29, 0.717) is 26.1 Å². The van der Waals surface area contributed by atoms with Crippen LogP contribution in [0.1, 0.15) is 20.3 Å². The van der Waals surface area contributed by atoms with E-state index < -0.39 is 11.6 Å². The number of hydrogen-bond donors (Lipinski definition) is 4. The van der Waals surface area contributed by atoms with E-state index in [-0.39, 0.29) is 0 Å². The minimum atomic E-state index is -0.674. The van der Waals surface area contributed by atoms with E-state index in [9.17, 15) is 9.90 Å². The first-order chi connectivity index (χ1) is 5.98. The van der Waals surface area contributed by atoms with Gasteiger partial charge in [-0.3, -0.25) is 0 Å². The van der Waals surface area contributed by atoms with Crippen LogP contribution in [-0.2, 0) is 0 Å². The molecule has 0 aliphatic rings. The van der Waals surface area contributed by atoms with Crippen LogP contribution in [0, 0.1) is 0 Å². The third kappa shape index (κ3) is 7.55. The first-order valence-corrected chi connectivity index (χ1v) is 4.44. The summed E-state index contributed by atoms with van der Waals surface area (Å²) < 4.78 is 0. The van der Waals surface area contributed by atoms with Gasteiger partial charge in [0, 0.05) is 19.6 Å². The number of rotatable bonds is 6. The molecule has 1 unspecified atom stereocenters. The minimum absolute atomic E-state index is 0.481. The zero-order chi connectivity index (χ0) is 10.3. The quantitative estimate of drug-likeness (QED) is 0.421. The van der Waals surface area contributed by atoms with Gasteiger partial charge in [-0.15, -0.1) is 0 Å². The van der Waals surface area contributed by atoms with Gasteiger partial charge in [-0.1, -0.05) is 6.92 Å². The van der Waals surface area contributed by atoms with Crippen LogP contribution in [0.15, 0.2) is 0 Å². The number of nitrogens with one attached hydrogen (secondary N) is 2. The summed E-state index contributed by atoms with van der Waals surface area (Å²) in [5.74, 6) is 0. The van der Waals surface area contributed by atoms with Crippen LogP contribution >= 0.6 is 0 Å². The lowest BCUT2D eigenvalue weighted by Crippen LogP contribution is -2.41. The van der Waals surface area contributed by atoms with Crippen LogP contribution in [0.5, 0.6) is 0 Å². The molecule has 0 bridgehead atoms. The van der Waals surface area contributed by atoms with E-state index >= 15 is 0 Å². The molecule has 0 spiro atoms. The summed E-state index contributed by atoms with van der Waals surface area (Å²) in [4.78, 5) is 10.2. The number of nitrogens with two attached hydrogens (primary N) is 1. The Labute approximate surface area is 78.7 Å². The Morgan fingerprint density at radius 2 is 2.15 bits per heavy atom. The zero-order valence-electron chi connectivity index (χ0n) is 8.26. The molecule has 0 aromatic rings. The summed E-state index contributed by atoms with van der Waals surface area (Å²) in [5.41, 5.74) is 4.19. The van der Waals surface area contributed by atoms with Crippen molar-refractivity contribution in [1.82, 2.24) is 10.6 Å². The lowest BCUT2D eigenvalue weighted by molar-refractivity contribution is 0.0562. The van der Waals surface area contributed by atoms with Crippen LogP contribution in [-0.4, -0.2) is 36.4 Å². The Bertz CT molecular complexity index is 159. The van der Waals surface area contributed by atoms with Crippen LogP contribution in [0.25, 0.3) is 0 Å². The molecule has 0 aromatic heterocycles. The molecule has 0 radical (unpaired) electrons. The van der Waals surface area contributed by atoms with Crippen molar-refractivity contribution in [2.45, 2.75) is 25.9 Å². The van der Waals surface area contributed by atoms with Crippen molar-refractivity contribution in [2.75, 3.05) is 19.6 Å². The predicted octanol–water partition coefficient (Wildman–Crippen LogP) is -0.595. The third-order valence-electron chi connectivity index (χ3n) is 1.87. The van der Waals surface area contributed by atoms with Gasteiger partial charge in [-0.2, -0.15) is 0 Å². The molecule has 0 aliphatic carbocycles. The van der Waals surface area contributed by atoms with Crippen molar-refractivity contribution in [3.63, 3.8) is 0 Å². The van der Waals surface area contributed by atoms with Crippen molar-refractivity contribution >= 4 is 6.03 Å². The molecule has 5 N–H and O–H groups in total. The molecule has 1 atom stereocenters. The lowest BCUT2D eigenvalue weighted by Gasteiger charge is -2.21. The molecule has 0 saturated heterocycles. The molecule has 5 heteroatoms. The van der Waals surface area contributed by atoms with Gasteiger partial charge < -0.3 is 21.5 Å². The van der Waals surface area contributed by atoms with E-state index in [0.717, 1.165) is 0 Å². The van der Waals surface area contributed by atoms with Crippen molar-refractivity contribution in [3.8, 4) is 0 Å². The van der Waals surface area contributed by atoms with Gasteiger partial charge in [0.2, 0.25) is 0 Å². The standard InChI is InChI=1S/C8H19N3O2/c1-3-8(2,13)6-10-4-5-11-7(9)12/h10,13H,3-6H2,1-2H3,(H3,9,11,12). The summed E-state index contributed by atoms with van der Waals surface area (Å²) in [6.07, 6.45) is 0.698. The molecule has 13 heavy (non-hydrogen) atoms. The highest BCUT2D eigenvalue weighted by Gasteiger charge is 2.15. The molecule has 0 rings (SSSR count). The average molecular weight is 189 g/mol. The fourth-order valence-corrected chi connectivity index (χ4v) is 0.757. The number of amides is 2. The first-order valence-electron chi connectivity index (χ1n) is 4.44. The monoisotopic (exact) mass is 189 g/mol. The Morgan fingerprint density at radius 1 is 1.54 bits per heavy atom. The average Bonchev–Trinajstić information content (AvgIpc) is 2.03. The van der Waals surface area contributed by atoms with Crippen LogP contribution in [0.4, 0.5) is 4.79 Å². The van der Waals surface area contributed by atoms with Crippen LogP contribution < -0.4 is 16.4 Å². The van der Waals surface area contributed by atoms with Gasteiger partial charge in [0.25, 0.3) is 0 Å².